The number of aryl methyl sites for hydroxylation is 1. The van der Waals surface area contributed by atoms with Crippen LogP contribution in [0.1, 0.15) is 44.1 Å². The van der Waals surface area contributed by atoms with Gasteiger partial charge in [0, 0.05) is 30.8 Å². The number of phenolic OH excluding ortho intramolecular Hbond substituents is 1. The minimum atomic E-state index is 0.277. The van der Waals surface area contributed by atoms with Crippen molar-refractivity contribution in [1.82, 2.24) is 15.3 Å². The Morgan fingerprint density at radius 1 is 1.07 bits per heavy atom. The lowest BCUT2D eigenvalue weighted by Gasteiger charge is -2.23. The summed E-state index contributed by atoms with van der Waals surface area (Å²) in [4.78, 5) is 11.1. The van der Waals surface area contributed by atoms with E-state index in [9.17, 15) is 5.11 Å². The average molecular weight is 367 g/mol. The monoisotopic (exact) mass is 367 g/mol. The summed E-state index contributed by atoms with van der Waals surface area (Å²) in [6.07, 6.45) is 8.24. The zero-order valence-electron chi connectivity index (χ0n) is 15.8. The minimum Gasteiger partial charge on any atom is -0.508 e. The summed E-state index contributed by atoms with van der Waals surface area (Å²) in [7, 11) is 0. The lowest BCUT2D eigenvalue weighted by atomic mass is 9.96. The first-order valence-corrected chi connectivity index (χ1v) is 10.1. The van der Waals surface area contributed by atoms with Crippen molar-refractivity contribution in [2.75, 3.05) is 30.3 Å². The van der Waals surface area contributed by atoms with E-state index < -0.39 is 0 Å². The van der Waals surface area contributed by atoms with E-state index in [1.54, 1.807) is 6.07 Å². The topological polar surface area (TPSA) is 87.3 Å². The molecule has 0 bridgehead atoms. The first-order chi connectivity index (χ1) is 13.2. The summed E-state index contributed by atoms with van der Waals surface area (Å²) in [5.41, 5.74) is 8.79. The van der Waals surface area contributed by atoms with Crippen molar-refractivity contribution in [2.24, 2.45) is 0 Å². The van der Waals surface area contributed by atoms with Crippen molar-refractivity contribution in [3.63, 3.8) is 0 Å². The molecule has 0 spiro atoms. The van der Waals surface area contributed by atoms with Crippen molar-refractivity contribution >= 4 is 11.8 Å². The van der Waals surface area contributed by atoms with E-state index in [1.807, 2.05) is 12.1 Å². The molecule has 2 aliphatic rings. The highest BCUT2D eigenvalue weighted by Gasteiger charge is 2.17. The summed E-state index contributed by atoms with van der Waals surface area (Å²) in [5, 5.41) is 13.8. The number of piperidine rings is 1. The summed E-state index contributed by atoms with van der Waals surface area (Å²) in [5.74, 6) is 1.44. The number of nitrogen functional groups attached to an aromatic ring is 1. The number of nitrogens with zero attached hydrogens (tertiary/aromatic N) is 3. The van der Waals surface area contributed by atoms with Gasteiger partial charge in [-0.1, -0.05) is 6.42 Å². The van der Waals surface area contributed by atoms with Gasteiger partial charge in [-0.3, -0.25) is 0 Å². The molecule has 3 heterocycles. The summed E-state index contributed by atoms with van der Waals surface area (Å²) in [6.45, 7) is 3.14. The van der Waals surface area contributed by atoms with Crippen molar-refractivity contribution in [3.8, 4) is 17.0 Å². The molecule has 0 radical (unpaired) electrons. The molecule has 6 nitrogen and oxygen atoms in total. The van der Waals surface area contributed by atoms with Crippen LogP contribution >= 0.6 is 0 Å². The van der Waals surface area contributed by atoms with Crippen molar-refractivity contribution in [3.05, 3.63) is 29.8 Å². The molecule has 0 amide bonds. The van der Waals surface area contributed by atoms with E-state index in [0.717, 1.165) is 55.1 Å². The average Bonchev–Trinajstić information content (AvgIpc) is 3.21. The van der Waals surface area contributed by atoms with Gasteiger partial charge >= 0.3 is 0 Å². The highest BCUT2D eigenvalue weighted by atomic mass is 16.3. The van der Waals surface area contributed by atoms with Crippen LogP contribution < -0.4 is 16.0 Å². The van der Waals surface area contributed by atoms with Gasteiger partial charge in [0.1, 0.15) is 11.6 Å². The second-order valence-electron chi connectivity index (χ2n) is 7.74. The third-order valence-electron chi connectivity index (χ3n) is 5.63. The van der Waals surface area contributed by atoms with Crippen LogP contribution in [0.5, 0.6) is 5.75 Å². The second-order valence-corrected chi connectivity index (χ2v) is 7.74. The van der Waals surface area contributed by atoms with Gasteiger partial charge in [0.15, 0.2) is 0 Å². The fourth-order valence-corrected chi connectivity index (χ4v) is 4.19. The molecule has 144 valence electrons. The summed E-state index contributed by atoms with van der Waals surface area (Å²) >= 11 is 0. The maximum absolute atomic E-state index is 10.2. The van der Waals surface area contributed by atoms with Crippen molar-refractivity contribution in [2.45, 2.75) is 51.0 Å². The maximum Gasteiger partial charge on any atom is 0.222 e. The Morgan fingerprint density at radius 2 is 1.93 bits per heavy atom. The predicted molar refractivity (Wildman–Crippen MR) is 109 cm³/mol. The number of anilines is 2. The number of nitrogens with two attached hydrogens (primary N) is 1. The molecule has 2 aromatic rings. The van der Waals surface area contributed by atoms with Gasteiger partial charge < -0.3 is 21.1 Å². The van der Waals surface area contributed by atoms with Gasteiger partial charge in [-0.2, -0.15) is 4.98 Å². The molecule has 0 aliphatic carbocycles. The molecule has 2 fully saturated rings. The molecule has 1 aromatic heterocycles. The largest absolute Gasteiger partial charge is 0.508 e. The fraction of sp³-hybridized carbons (Fsp3) is 0.524. The molecule has 2 aliphatic heterocycles. The zero-order valence-corrected chi connectivity index (χ0v) is 15.8. The van der Waals surface area contributed by atoms with Crippen LogP contribution in [0.15, 0.2) is 24.3 Å². The van der Waals surface area contributed by atoms with Gasteiger partial charge in [0.05, 0.1) is 5.69 Å². The number of nitrogens with one attached hydrogen (secondary N) is 1. The summed E-state index contributed by atoms with van der Waals surface area (Å²) < 4.78 is 0. The predicted octanol–water partition coefficient (Wildman–Crippen LogP) is 3.11. The molecular formula is C21H29N5O. The van der Waals surface area contributed by atoms with Gasteiger partial charge in [0.25, 0.3) is 0 Å². The highest BCUT2D eigenvalue weighted by Crippen LogP contribution is 2.29. The Morgan fingerprint density at radius 3 is 2.70 bits per heavy atom. The molecule has 0 saturated carbocycles. The third kappa shape index (κ3) is 4.50. The van der Waals surface area contributed by atoms with E-state index in [0.29, 0.717) is 6.04 Å². The first-order valence-electron chi connectivity index (χ1n) is 10.1. The van der Waals surface area contributed by atoms with Crippen LogP contribution in [0.4, 0.5) is 11.8 Å². The van der Waals surface area contributed by atoms with Crippen LogP contribution in [-0.4, -0.2) is 40.8 Å². The molecule has 27 heavy (non-hydrogen) atoms. The quantitative estimate of drug-likeness (QED) is 0.753. The SMILES string of the molecule is Nc1nc(-c2cc(O)cc(CCC3CCCCN3)c2)cc(N2CCCC2)n1. The lowest BCUT2D eigenvalue weighted by Crippen LogP contribution is -2.34. The van der Waals surface area contributed by atoms with E-state index in [4.69, 9.17) is 5.73 Å². The number of rotatable bonds is 5. The van der Waals surface area contributed by atoms with Crippen LogP contribution in [0.3, 0.4) is 0 Å². The van der Waals surface area contributed by atoms with Crippen molar-refractivity contribution < 1.29 is 5.11 Å². The second kappa shape index (κ2) is 8.13. The van der Waals surface area contributed by atoms with E-state index >= 15 is 0 Å². The maximum atomic E-state index is 10.2. The van der Waals surface area contributed by atoms with Crippen LogP contribution in [-0.2, 0) is 6.42 Å². The van der Waals surface area contributed by atoms with E-state index in [1.165, 1.54) is 32.1 Å². The molecule has 4 N–H and O–H groups in total. The summed E-state index contributed by atoms with van der Waals surface area (Å²) in [6, 6.07) is 8.32. The van der Waals surface area contributed by atoms with Crippen LogP contribution in [0.2, 0.25) is 0 Å². The number of hydrogen-bond acceptors (Lipinski definition) is 6. The zero-order chi connectivity index (χ0) is 18.6. The first kappa shape index (κ1) is 18.0. The number of hydrogen-bond donors (Lipinski definition) is 3. The lowest BCUT2D eigenvalue weighted by molar-refractivity contribution is 0.382. The van der Waals surface area contributed by atoms with Crippen LogP contribution in [0.25, 0.3) is 11.3 Å². The van der Waals surface area contributed by atoms with Gasteiger partial charge in [-0.25, -0.2) is 4.98 Å². The van der Waals surface area contributed by atoms with Gasteiger partial charge in [-0.15, -0.1) is 0 Å². The Kier molecular flexibility index (Phi) is 5.43. The van der Waals surface area contributed by atoms with Crippen LogP contribution in [0, 0.1) is 0 Å². The number of phenols is 1. The Hall–Kier alpha value is -2.34. The normalized spacial score (nSPS) is 20.1. The number of aromatic nitrogens is 2. The molecule has 1 aromatic carbocycles. The smallest absolute Gasteiger partial charge is 0.222 e. The molecule has 6 heteroatoms. The number of benzene rings is 1. The third-order valence-corrected chi connectivity index (χ3v) is 5.63. The molecule has 1 atom stereocenters. The van der Waals surface area contributed by atoms with Gasteiger partial charge in [0.2, 0.25) is 5.95 Å². The minimum absolute atomic E-state index is 0.277. The standard InChI is InChI=1S/C21H29N5O/c22-21-24-19(14-20(25-21)26-9-3-4-10-26)16-11-15(12-18(27)13-16)6-7-17-5-1-2-8-23-17/h11-14,17,23,27H,1-10H2,(H2,22,24,25). The number of aromatic hydroxyl groups is 1. The molecule has 1 unspecified atom stereocenters. The van der Waals surface area contributed by atoms with Crippen molar-refractivity contribution in [1.29, 1.82) is 0 Å². The molecule has 2 saturated heterocycles. The molecular weight excluding hydrogens is 338 g/mol. The Bertz CT molecular complexity index is 782. The van der Waals surface area contributed by atoms with E-state index in [2.05, 4.69) is 26.3 Å². The van der Waals surface area contributed by atoms with E-state index in [-0.39, 0.29) is 11.7 Å². The van der Waals surface area contributed by atoms with Gasteiger partial charge in [-0.05, 0) is 68.8 Å². The fourth-order valence-electron chi connectivity index (χ4n) is 4.19. The molecule has 4 rings (SSSR count). The Balaban J connectivity index is 1.55. The highest BCUT2D eigenvalue weighted by molar-refractivity contribution is 5.67. The Labute approximate surface area is 160 Å².